The van der Waals surface area contributed by atoms with E-state index in [0.29, 0.717) is 11.3 Å². The highest BCUT2D eigenvalue weighted by Gasteiger charge is 2.23. The first-order valence-corrected chi connectivity index (χ1v) is 11.9. The zero-order valence-corrected chi connectivity index (χ0v) is 19.2. The second kappa shape index (κ2) is 8.60. The Morgan fingerprint density at radius 2 is 1.66 bits per heavy atom. The molecule has 4 heteroatoms. The minimum absolute atomic E-state index is 0.416. The fraction of sp³-hybridized carbons (Fsp3) is 0.129. The summed E-state index contributed by atoms with van der Waals surface area (Å²) >= 11 is 0. The summed E-state index contributed by atoms with van der Waals surface area (Å²) in [5.74, 6) is 0. The molecule has 0 spiro atoms. The predicted molar refractivity (Wildman–Crippen MR) is 140 cm³/mol. The van der Waals surface area contributed by atoms with E-state index < -0.39 is 0 Å². The van der Waals surface area contributed by atoms with E-state index in [1.54, 1.807) is 12.3 Å². The lowest BCUT2D eigenvalue weighted by atomic mass is 9.90. The van der Waals surface area contributed by atoms with Gasteiger partial charge in [0, 0.05) is 39.7 Å². The fourth-order valence-electron chi connectivity index (χ4n) is 5.32. The Balaban J connectivity index is 1.62. The maximum atomic E-state index is 9.50. The van der Waals surface area contributed by atoms with Gasteiger partial charge < -0.3 is 4.57 Å². The van der Waals surface area contributed by atoms with Crippen molar-refractivity contribution < 1.29 is 0 Å². The fourth-order valence-corrected chi connectivity index (χ4v) is 5.32. The number of fused-ring (bicyclic) bond motifs is 3. The minimum atomic E-state index is 0.416. The summed E-state index contributed by atoms with van der Waals surface area (Å²) < 4.78 is 2.45. The summed E-state index contributed by atoms with van der Waals surface area (Å²) in [7, 11) is 0. The molecule has 2 aromatic carbocycles. The smallest absolute Gasteiger partial charge is 0.140 e. The maximum Gasteiger partial charge on any atom is 0.140 e. The second-order valence-electron chi connectivity index (χ2n) is 8.87. The molecule has 0 radical (unpaired) electrons. The molecule has 2 heterocycles. The highest BCUT2D eigenvalue weighted by molar-refractivity contribution is 6.01. The molecule has 0 saturated heterocycles. The third-order valence-corrected chi connectivity index (χ3v) is 6.89. The number of nitriles is 2. The molecule has 4 aromatic rings. The molecular weight excluding hydrogens is 428 g/mol. The molecular formula is C31H22N4. The highest BCUT2D eigenvalue weighted by atomic mass is 15.0. The van der Waals surface area contributed by atoms with Gasteiger partial charge in [0.25, 0.3) is 0 Å². The first kappa shape index (κ1) is 20.9. The van der Waals surface area contributed by atoms with Gasteiger partial charge in [-0.25, -0.2) is 4.98 Å². The quantitative estimate of drug-likeness (QED) is 0.334. The summed E-state index contributed by atoms with van der Waals surface area (Å²) in [4.78, 5) is 4.31. The van der Waals surface area contributed by atoms with Crippen LogP contribution in [-0.4, -0.2) is 9.55 Å². The normalized spacial score (nSPS) is 14.6. The third-order valence-electron chi connectivity index (χ3n) is 6.89. The molecule has 166 valence electrons. The largest absolute Gasteiger partial charge is 0.316 e. The van der Waals surface area contributed by atoms with Crippen LogP contribution in [0.3, 0.4) is 0 Å². The van der Waals surface area contributed by atoms with Gasteiger partial charge in [0.2, 0.25) is 0 Å². The molecule has 0 unspecified atom stereocenters. The summed E-state index contributed by atoms with van der Waals surface area (Å²) in [6, 6.07) is 22.6. The van der Waals surface area contributed by atoms with E-state index >= 15 is 0 Å². The van der Waals surface area contributed by atoms with Gasteiger partial charge in [-0.1, -0.05) is 48.6 Å². The Kier molecular flexibility index (Phi) is 5.13. The van der Waals surface area contributed by atoms with Crippen molar-refractivity contribution in [3.63, 3.8) is 0 Å². The Morgan fingerprint density at radius 3 is 2.46 bits per heavy atom. The lowest BCUT2D eigenvalue weighted by molar-refractivity contribution is 0.865. The van der Waals surface area contributed by atoms with E-state index in [1.165, 1.54) is 22.5 Å². The van der Waals surface area contributed by atoms with Crippen molar-refractivity contribution >= 4 is 28.2 Å². The molecule has 0 atom stereocenters. The SMILES string of the molecule is N#Cc1ccc2c(c1)c1c(n2C2=C(c3ccccc3-c3ccc(C#N)nc3)C=CCC2)CCC=C1. The first-order chi connectivity index (χ1) is 17.3. The van der Waals surface area contributed by atoms with Gasteiger partial charge in [-0.15, -0.1) is 0 Å². The number of benzene rings is 2. The van der Waals surface area contributed by atoms with Crippen LogP contribution in [0, 0.1) is 22.7 Å². The molecule has 6 rings (SSSR count). The first-order valence-electron chi connectivity index (χ1n) is 11.9. The summed E-state index contributed by atoms with van der Waals surface area (Å²) in [5, 5.41) is 19.8. The van der Waals surface area contributed by atoms with E-state index in [0.717, 1.165) is 53.3 Å². The Bertz CT molecular complexity index is 1650. The summed E-state index contributed by atoms with van der Waals surface area (Å²) in [6.07, 6.45) is 14.6. The molecule has 0 fully saturated rings. The Labute approximate surface area is 204 Å². The second-order valence-corrected chi connectivity index (χ2v) is 8.87. The zero-order valence-electron chi connectivity index (χ0n) is 19.2. The van der Waals surface area contributed by atoms with Crippen molar-refractivity contribution in [2.45, 2.75) is 25.7 Å². The van der Waals surface area contributed by atoms with E-state index in [4.69, 9.17) is 5.26 Å². The number of aromatic nitrogens is 2. The number of hydrogen-bond acceptors (Lipinski definition) is 3. The lowest BCUT2D eigenvalue weighted by Crippen LogP contribution is -2.08. The van der Waals surface area contributed by atoms with Gasteiger partial charge >= 0.3 is 0 Å². The lowest BCUT2D eigenvalue weighted by Gasteiger charge is -2.23. The van der Waals surface area contributed by atoms with Crippen LogP contribution in [0.4, 0.5) is 0 Å². The van der Waals surface area contributed by atoms with Crippen molar-refractivity contribution in [3.05, 3.63) is 107 Å². The van der Waals surface area contributed by atoms with Crippen molar-refractivity contribution in [2.75, 3.05) is 0 Å². The van der Waals surface area contributed by atoms with Crippen molar-refractivity contribution in [3.8, 4) is 23.3 Å². The van der Waals surface area contributed by atoms with Crippen LogP contribution < -0.4 is 0 Å². The molecule has 0 bridgehead atoms. The van der Waals surface area contributed by atoms with E-state index in [-0.39, 0.29) is 0 Å². The van der Waals surface area contributed by atoms with Gasteiger partial charge in [0.05, 0.1) is 17.1 Å². The molecule has 0 amide bonds. The molecule has 35 heavy (non-hydrogen) atoms. The molecule has 2 aliphatic rings. The summed E-state index contributed by atoms with van der Waals surface area (Å²) in [5.41, 5.74) is 10.5. The van der Waals surface area contributed by atoms with Crippen LogP contribution in [0.1, 0.15) is 47.3 Å². The van der Waals surface area contributed by atoms with Gasteiger partial charge in [0.1, 0.15) is 11.8 Å². The topological polar surface area (TPSA) is 65.4 Å². The van der Waals surface area contributed by atoms with Gasteiger partial charge in [-0.05, 0) is 67.1 Å². The molecule has 0 N–H and O–H groups in total. The number of nitrogens with zero attached hydrogens (tertiary/aromatic N) is 4. The van der Waals surface area contributed by atoms with Crippen LogP contribution >= 0.6 is 0 Å². The van der Waals surface area contributed by atoms with Crippen LogP contribution in [-0.2, 0) is 6.42 Å². The molecule has 2 aliphatic carbocycles. The van der Waals surface area contributed by atoms with Gasteiger partial charge in [-0.3, -0.25) is 0 Å². The molecule has 2 aromatic heterocycles. The average molecular weight is 451 g/mol. The maximum absolute atomic E-state index is 9.50. The number of hydrogen-bond donors (Lipinski definition) is 0. The van der Waals surface area contributed by atoms with Crippen LogP contribution in [0.5, 0.6) is 0 Å². The predicted octanol–water partition coefficient (Wildman–Crippen LogP) is 7.12. The number of rotatable bonds is 3. The molecule has 0 aliphatic heterocycles. The zero-order chi connectivity index (χ0) is 23.8. The standard InChI is InChI=1S/C31H22N4/c32-18-21-13-16-31-28(17-21)27-10-4-6-12-30(27)35(31)29-11-5-3-9-26(29)25-8-2-1-7-24(25)22-14-15-23(19-33)34-20-22/h1-4,7-10,13-17,20H,5-6,11-12H2. The van der Waals surface area contributed by atoms with Crippen LogP contribution in [0.2, 0.25) is 0 Å². The Hall–Kier alpha value is -4.67. The van der Waals surface area contributed by atoms with Crippen LogP contribution in [0.25, 0.3) is 39.4 Å². The average Bonchev–Trinajstić information content (AvgIpc) is 3.26. The molecule has 4 nitrogen and oxygen atoms in total. The van der Waals surface area contributed by atoms with Crippen molar-refractivity contribution in [1.29, 1.82) is 10.5 Å². The van der Waals surface area contributed by atoms with Gasteiger partial charge in [-0.2, -0.15) is 10.5 Å². The molecule has 0 saturated carbocycles. The van der Waals surface area contributed by atoms with Crippen molar-refractivity contribution in [1.82, 2.24) is 9.55 Å². The van der Waals surface area contributed by atoms with Gasteiger partial charge in [0.15, 0.2) is 0 Å². The number of pyridine rings is 1. The minimum Gasteiger partial charge on any atom is -0.316 e. The summed E-state index contributed by atoms with van der Waals surface area (Å²) in [6.45, 7) is 0. The van der Waals surface area contributed by atoms with E-state index in [1.807, 2.05) is 24.3 Å². The third kappa shape index (κ3) is 3.48. The van der Waals surface area contributed by atoms with E-state index in [9.17, 15) is 5.26 Å². The Morgan fingerprint density at radius 1 is 0.829 bits per heavy atom. The highest BCUT2D eigenvalue weighted by Crippen LogP contribution is 2.41. The number of allylic oxidation sites excluding steroid dienone is 5. The van der Waals surface area contributed by atoms with Crippen molar-refractivity contribution in [2.24, 2.45) is 0 Å². The van der Waals surface area contributed by atoms with Crippen LogP contribution in [0.15, 0.2) is 79.0 Å². The monoisotopic (exact) mass is 450 g/mol. The van der Waals surface area contributed by atoms with E-state index in [2.05, 4.69) is 70.3 Å².